The molecule has 1 amide bonds. The van der Waals surface area contributed by atoms with Crippen molar-refractivity contribution in [2.24, 2.45) is 0 Å². The molecule has 0 aliphatic heterocycles. The van der Waals surface area contributed by atoms with E-state index in [1.54, 1.807) is 24.3 Å². The van der Waals surface area contributed by atoms with Gasteiger partial charge in [0, 0.05) is 11.6 Å². The average molecular weight is 324 g/mol. The Labute approximate surface area is 135 Å². The van der Waals surface area contributed by atoms with Crippen LogP contribution in [0.5, 0.6) is 0 Å². The Morgan fingerprint density at radius 1 is 1.17 bits per heavy atom. The molecule has 24 heavy (non-hydrogen) atoms. The predicted octanol–water partition coefficient (Wildman–Crippen LogP) is 2.23. The molecule has 0 aliphatic rings. The number of hydrogen-bond acceptors (Lipinski definition) is 6. The van der Waals surface area contributed by atoms with E-state index >= 15 is 0 Å². The van der Waals surface area contributed by atoms with Gasteiger partial charge in [-0.05, 0) is 24.3 Å². The molecule has 0 saturated heterocycles. The Balaban J connectivity index is 1.86. The lowest BCUT2D eigenvalue weighted by atomic mass is 10.2. The number of fused-ring (bicyclic) bond motifs is 1. The first-order valence-corrected chi connectivity index (χ1v) is 6.97. The number of hydrogen-bond donors (Lipinski definition) is 1. The highest BCUT2D eigenvalue weighted by Crippen LogP contribution is 2.14. The Kier molecular flexibility index (Phi) is 4.07. The first-order chi connectivity index (χ1) is 11.6. The Hall–Kier alpha value is -3.48. The van der Waals surface area contributed by atoms with E-state index < -0.39 is 17.5 Å². The number of esters is 1. The van der Waals surface area contributed by atoms with Gasteiger partial charge >= 0.3 is 11.6 Å². The molecule has 0 spiro atoms. The van der Waals surface area contributed by atoms with E-state index in [0.29, 0.717) is 11.0 Å². The number of pyridine rings is 1. The maximum atomic E-state index is 12.3. The van der Waals surface area contributed by atoms with Crippen molar-refractivity contribution < 1.29 is 18.7 Å². The van der Waals surface area contributed by atoms with Gasteiger partial charge < -0.3 is 14.5 Å². The molecule has 2 aromatic heterocycles. The van der Waals surface area contributed by atoms with E-state index in [-0.39, 0.29) is 16.9 Å². The number of ether oxygens (including phenoxy) is 1. The number of carbonyl (C=O) groups is 2. The number of nitrogens with zero attached hydrogens (tertiary/aromatic N) is 1. The molecule has 0 atom stereocenters. The Bertz CT molecular complexity index is 976. The molecule has 7 nitrogen and oxygen atoms in total. The van der Waals surface area contributed by atoms with Crippen molar-refractivity contribution in [3.05, 3.63) is 70.2 Å². The van der Waals surface area contributed by atoms with Crippen LogP contribution in [0.15, 0.2) is 57.9 Å². The average Bonchev–Trinajstić information content (AvgIpc) is 2.61. The molecule has 3 rings (SSSR count). The molecule has 1 N–H and O–H groups in total. The van der Waals surface area contributed by atoms with Crippen LogP contribution >= 0.6 is 0 Å². The van der Waals surface area contributed by atoms with E-state index in [4.69, 9.17) is 4.42 Å². The van der Waals surface area contributed by atoms with Gasteiger partial charge in [0.25, 0.3) is 5.91 Å². The van der Waals surface area contributed by atoms with E-state index in [9.17, 15) is 14.4 Å². The molecule has 0 saturated carbocycles. The number of carbonyl (C=O) groups excluding carboxylic acids is 2. The van der Waals surface area contributed by atoms with Gasteiger partial charge in [-0.2, -0.15) is 0 Å². The molecular weight excluding hydrogens is 312 g/mol. The lowest BCUT2D eigenvalue weighted by Gasteiger charge is -2.05. The van der Waals surface area contributed by atoms with Crippen LogP contribution in [0.3, 0.4) is 0 Å². The fourth-order valence-electron chi connectivity index (χ4n) is 2.11. The zero-order valence-corrected chi connectivity index (χ0v) is 12.6. The Morgan fingerprint density at radius 2 is 1.96 bits per heavy atom. The third kappa shape index (κ3) is 3.00. The number of rotatable bonds is 3. The van der Waals surface area contributed by atoms with Crippen LogP contribution in [0.25, 0.3) is 11.0 Å². The highest BCUT2D eigenvalue weighted by atomic mass is 16.5. The van der Waals surface area contributed by atoms with Crippen molar-refractivity contribution in [2.75, 3.05) is 12.4 Å². The second kappa shape index (κ2) is 6.33. The quantitative estimate of drug-likeness (QED) is 0.586. The van der Waals surface area contributed by atoms with Crippen LogP contribution < -0.4 is 10.9 Å². The van der Waals surface area contributed by atoms with E-state index in [0.717, 1.165) is 0 Å². The lowest BCUT2D eigenvalue weighted by Crippen LogP contribution is -2.21. The van der Waals surface area contributed by atoms with Gasteiger partial charge in [-0.25, -0.2) is 14.6 Å². The summed E-state index contributed by atoms with van der Waals surface area (Å²) in [4.78, 5) is 39.5. The van der Waals surface area contributed by atoms with Crippen LogP contribution in [-0.4, -0.2) is 24.0 Å². The zero-order valence-electron chi connectivity index (χ0n) is 12.6. The summed E-state index contributed by atoms with van der Waals surface area (Å²) in [5.74, 6) is -0.983. The zero-order chi connectivity index (χ0) is 17.1. The summed E-state index contributed by atoms with van der Waals surface area (Å²) < 4.78 is 9.68. The third-order valence-corrected chi connectivity index (χ3v) is 3.31. The summed E-state index contributed by atoms with van der Waals surface area (Å²) in [5, 5.41) is 3.12. The largest absolute Gasteiger partial charge is 0.465 e. The molecule has 0 aliphatic carbocycles. The fourth-order valence-corrected chi connectivity index (χ4v) is 2.11. The predicted molar refractivity (Wildman–Crippen MR) is 86.0 cm³/mol. The number of aromatic nitrogens is 1. The number of methoxy groups -OCH3 is 1. The number of benzene rings is 1. The summed E-state index contributed by atoms with van der Waals surface area (Å²) in [6.07, 6.45) is 1.27. The lowest BCUT2D eigenvalue weighted by molar-refractivity contribution is 0.0600. The molecule has 7 heteroatoms. The summed E-state index contributed by atoms with van der Waals surface area (Å²) in [5.41, 5.74) is -0.217. The molecule has 0 bridgehead atoms. The summed E-state index contributed by atoms with van der Waals surface area (Å²) >= 11 is 0. The molecule has 3 aromatic rings. The van der Waals surface area contributed by atoms with Gasteiger partial charge in [0.15, 0.2) is 0 Å². The van der Waals surface area contributed by atoms with E-state index in [1.165, 1.54) is 31.5 Å². The molecule has 120 valence electrons. The molecule has 2 heterocycles. The summed E-state index contributed by atoms with van der Waals surface area (Å²) in [6, 6.07) is 11.2. The number of amides is 1. The standard InChI is InChI=1S/C17H12N2O5/c1-23-16(21)11-6-7-14(18-9-11)19-15(20)12-8-10-4-2-3-5-13(10)24-17(12)22/h2-9H,1H3,(H,18,19,20). The maximum Gasteiger partial charge on any atom is 0.349 e. The second-order valence-corrected chi connectivity index (χ2v) is 4.86. The highest BCUT2D eigenvalue weighted by Gasteiger charge is 2.15. The number of nitrogens with one attached hydrogen (secondary N) is 1. The minimum atomic E-state index is -0.739. The van der Waals surface area contributed by atoms with E-state index in [1.807, 2.05) is 0 Å². The smallest absolute Gasteiger partial charge is 0.349 e. The van der Waals surface area contributed by atoms with Crippen molar-refractivity contribution in [3.8, 4) is 0 Å². The van der Waals surface area contributed by atoms with Crippen molar-refractivity contribution in [2.45, 2.75) is 0 Å². The molecule has 1 aromatic carbocycles. The van der Waals surface area contributed by atoms with Gasteiger partial charge in [0.2, 0.25) is 0 Å². The number of para-hydroxylation sites is 1. The van der Waals surface area contributed by atoms with Gasteiger partial charge in [0.1, 0.15) is 17.0 Å². The maximum absolute atomic E-state index is 12.3. The van der Waals surface area contributed by atoms with Crippen molar-refractivity contribution >= 4 is 28.7 Å². The molecule has 0 unspecified atom stereocenters. The fraction of sp³-hybridized carbons (Fsp3) is 0.0588. The van der Waals surface area contributed by atoms with Gasteiger partial charge in [-0.3, -0.25) is 4.79 Å². The Morgan fingerprint density at radius 3 is 2.67 bits per heavy atom. The normalized spacial score (nSPS) is 10.4. The van der Waals surface area contributed by atoms with Gasteiger partial charge in [-0.15, -0.1) is 0 Å². The monoisotopic (exact) mass is 324 g/mol. The summed E-state index contributed by atoms with van der Waals surface area (Å²) in [6.45, 7) is 0. The molecular formula is C17H12N2O5. The van der Waals surface area contributed by atoms with Crippen LogP contribution in [0.2, 0.25) is 0 Å². The summed E-state index contributed by atoms with van der Waals surface area (Å²) in [7, 11) is 1.26. The highest BCUT2D eigenvalue weighted by molar-refractivity contribution is 6.05. The minimum Gasteiger partial charge on any atom is -0.465 e. The second-order valence-electron chi connectivity index (χ2n) is 4.86. The third-order valence-electron chi connectivity index (χ3n) is 3.31. The van der Waals surface area contributed by atoms with Crippen molar-refractivity contribution in [1.82, 2.24) is 4.98 Å². The topological polar surface area (TPSA) is 98.5 Å². The van der Waals surface area contributed by atoms with Gasteiger partial charge in [-0.1, -0.05) is 18.2 Å². The first kappa shape index (κ1) is 15.4. The minimum absolute atomic E-state index is 0.132. The van der Waals surface area contributed by atoms with Gasteiger partial charge in [0.05, 0.1) is 12.7 Å². The number of anilines is 1. The van der Waals surface area contributed by atoms with Crippen LogP contribution in [0.1, 0.15) is 20.7 Å². The molecule has 0 fully saturated rings. The SMILES string of the molecule is COC(=O)c1ccc(NC(=O)c2cc3ccccc3oc2=O)nc1. The van der Waals surface area contributed by atoms with E-state index in [2.05, 4.69) is 15.0 Å². The van der Waals surface area contributed by atoms with Crippen molar-refractivity contribution in [3.63, 3.8) is 0 Å². The van der Waals surface area contributed by atoms with Crippen LogP contribution in [0.4, 0.5) is 5.82 Å². The van der Waals surface area contributed by atoms with Crippen LogP contribution in [0, 0.1) is 0 Å². The molecule has 0 radical (unpaired) electrons. The van der Waals surface area contributed by atoms with Crippen molar-refractivity contribution in [1.29, 1.82) is 0 Å². The first-order valence-electron chi connectivity index (χ1n) is 6.97. The van der Waals surface area contributed by atoms with Crippen LogP contribution in [-0.2, 0) is 4.74 Å².